The van der Waals surface area contributed by atoms with Gasteiger partial charge in [-0.25, -0.2) is 0 Å². The molecule has 2 rings (SSSR count). The summed E-state index contributed by atoms with van der Waals surface area (Å²) in [5.41, 5.74) is -0.220. The van der Waals surface area contributed by atoms with Crippen LogP contribution in [0.4, 0.5) is 0 Å². The summed E-state index contributed by atoms with van der Waals surface area (Å²) in [5.74, 6) is 0.482. The second-order valence-electron chi connectivity index (χ2n) is 7.63. The van der Waals surface area contributed by atoms with Crippen LogP contribution in [0.1, 0.15) is 41.5 Å². The van der Waals surface area contributed by atoms with Gasteiger partial charge in [0.25, 0.3) is 0 Å². The van der Waals surface area contributed by atoms with E-state index in [1.165, 1.54) is 0 Å². The summed E-state index contributed by atoms with van der Waals surface area (Å²) in [6.07, 6.45) is 0.331. The summed E-state index contributed by atoms with van der Waals surface area (Å²) in [4.78, 5) is 2.57. The van der Waals surface area contributed by atoms with Gasteiger partial charge >= 0.3 is 0 Å². The first-order chi connectivity index (χ1) is 9.17. The van der Waals surface area contributed by atoms with E-state index in [9.17, 15) is 0 Å². The molecule has 0 saturated carbocycles. The third-order valence-electron chi connectivity index (χ3n) is 5.05. The SMILES string of the molecule is CNC1C(CN2CC(C)OCC2C)C(C)(C)OC1(C)C. The Morgan fingerprint density at radius 3 is 2.40 bits per heavy atom. The van der Waals surface area contributed by atoms with Gasteiger partial charge in [0.15, 0.2) is 0 Å². The van der Waals surface area contributed by atoms with Crippen LogP contribution in [0.2, 0.25) is 0 Å². The molecule has 4 heteroatoms. The Morgan fingerprint density at radius 2 is 1.80 bits per heavy atom. The van der Waals surface area contributed by atoms with Crippen molar-refractivity contribution in [1.29, 1.82) is 0 Å². The van der Waals surface area contributed by atoms with E-state index in [1.54, 1.807) is 0 Å². The first-order valence-electron chi connectivity index (χ1n) is 7.90. The molecule has 0 aromatic heterocycles. The number of nitrogens with one attached hydrogen (secondary N) is 1. The first kappa shape index (κ1) is 16.2. The molecular weight excluding hydrogens is 252 g/mol. The Kier molecular flexibility index (Phi) is 4.51. The molecule has 4 unspecified atom stereocenters. The van der Waals surface area contributed by atoms with Gasteiger partial charge in [-0.05, 0) is 48.6 Å². The quantitative estimate of drug-likeness (QED) is 0.858. The molecule has 2 saturated heterocycles. The molecule has 2 fully saturated rings. The predicted molar refractivity (Wildman–Crippen MR) is 82.0 cm³/mol. The van der Waals surface area contributed by atoms with Crippen LogP contribution < -0.4 is 5.32 Å². The summed E-state index contributed by atoms with van der Waals surface area (Å²) in [6.45, 7) is 16.2. The van der Waals surface area contributed by atoms with Gasteiger partial charge in [0.1, 0.15) is 0 Å². The Hall–Kier alpha value is -0.160. The van der Waals surface area contributed by atoms with E-state index in [-0.39, 0.29) is 11.2 Å². The lowest BCUT2D eigenvalue weighted by molar-refractivity contribution is -0.0890. The summed E-state index contributed by atoms with van der Waals surface area (Å²) in [7, 11) is 2.05. The maximum atomic E-state index is 6.34. The van der Waals surface area contributed by atoms with Crippen LogP contribution in [0.25, 0.3) is 0 Å². The lowest BCUT2D eigenvalue weighted by Gasteiger charge is -2.41. The van der Waals surface area contributed by atoms with E-state index in [0.717, 1.165) is 19.7 Å². The minimum atomic E-state index is -0.121. The third-order valence-corrected chi connectivity index (χ3v) is 5.05. The van der Waals surface area contributed by atoms with Crippen molar-refractivity contribution in [2.24, 2.45) is 5.92 Å². The average Bonchev–Trinajstić information content (AvgIpc) is 2.48. The van der Waals surface area contributed by atoms with Crippen molar-refractivity contribution in [3.8, 4) is 0 Å². The second-order valence-corrected chi connectivity index (χ2v) is 7.63. The number of rotatable bonds is 3. The third kappa shape index (κ3) is 3.03. The highest BCUT2D eigenvalue weighted by molar-refractivity contribution is 5.06. The molecule has 2 aliphatic heterocycles. The van der Waals surface area contributed by atoms with Crippen molar-refractivity contribution in [2.45, 2.75) is 70.9 Å². The van der Waals surface area contributed by atoms with Gasteiger partial charge in [0.2, 0.25) is 0 Å². The molecule has 0 amide bonds. The van der Waals surface area contributed by atoms with E-state index < -0.39 is 0 Å². The molecule has 4 atom stereocenters. The fourth-order valence-electron chi connectivity index (χ4n) is 4.06. The van der Waals surface area contributed by atoms with E-state index in [4.69, 9.17) is 9.47 Å². The molecule has 0 aromatic rings. The zero-order chi connectivity index (χ0) is 15.1. The van der Waals surface area contributed by atoms with Crippen molar-refractivity contribution in [3.63, 3.8) is 0 Å². The molecule has 1 N–H and O–H groups in total. The monoisotopic (exact) mass is 284 g/mol. The van der Waals surface area contributed by atoms with E-state index in [0.29, 0.717) is 24.1 Å². The van der Waals surface area contributed by atoms with Gasteiger partial charge in [-0.1, -0.05) is 0 Å². The second kappa shape index (κ2) is 5.56. The minimum Gasteiger partial charge on any atom is -0.376 e. The molecule has 0 radical (unpaired) electrons. The van der Waals surface area contributed by atoms with Gasteiger partial charge in [-0.15, -0.1) is 0 Å². The van der Waals surface area contributed by atoms with Gasteiger partial charge in [0, 0.05) is 31.1 Å². The molecule has 2 heterocycles. The summed E-state index contributed by atoms with van der Waals surface area (Å²) < 4.78 is 12.1. The number of nitrogens with zero attached hydrogens (tertiary/aromatic N) is 1. The molecule has 0 aliphatic carbocycles. The van der Waals surface area contributed by atoms with Crippen LogP contribution >= 0.6 is 0 Å². The highest BCUT2D eigenvalue weighted by Crippen LogP contribution is 2.42. The fourth-order valence-corrected chi connectivity index (χ4v) is 4.06. The van der Waals surface area contributed by atoms with E-state index in [1.807, 2.05) is 0 Å². The van der Waals surface area contributed by atoms with Gasteiger partial charge < -0.3 is 14.8 Å². The van der Waals surface area contributed by atoms with Gasteiger partial charge in [-0.3, -0.25) is 4.90 Å². The smallest absolute Gasteiger partial charge is 0.0790 e. The molecule has 118 valence electrons. The van der Waals surface area contributed by atoms with Gasteiger partial charge in [0.05, 0.1) is 23.9 Å². The van der Waals surface area contributed by atoms with Crippen LogP contribution in [0.15, 0.2) is 0 Å². The number of hydrogen-bond acceptors (Lipinski definition) is 4. The lowest BCUT2D eigenvalue weighted by Crippen LogP contribution is -2.54. The van der Waals surface area contributed by atoms with Crippen molar-refractivity contribution in [1.82, 2.24) is 10.2 Å². The largest absolute Gasteiger partial charge is 0.376 e. The van der Waals surface area contributed by atoms with Crippen LogP contribution in [-0.2, 0) is 9.47 Å². The van der Waals surface area contributed by atoms with Crippen molar-refractivity contribution in [2.75, 3.05) is 26.7 Å². The maximum Gasteiger partial charge on any atom is 0.0790 e. The van der Waals surface area contributed by atoms with E-state index in [2.05, 4.69) is 58.8 Å². The topological polar surface area (TPSA) is 33.7 Å². The molecule has 0 spiro atoms. The highest BCUT2D eigenvalue weighted by Gasteiger charge is 2.53. The van der Waals surface area contributed by atoms with Crippen LogP contribution in [-0.4, -0.2) is 61.0 Å². The summed E-state index contributed by atoms with van der Waals surface area (Å²) in [5, 5.41) is 3.49. The zero-order valence-corrected chi connectivity index (χ0v) is 14.2. The molecule has 4 nitrogen and oxygen atoms in total. The van der Waals surface area contributed by atoms with Crippen LogP contribution in [0, 0.1) is 5.92 Å². The standard InChI is InChI=1S/C16H32N2O2/c1-11-10-19-12(2)8-18(11)9-13-14(17-7)16(5,6)20-15(13,3)4/h11-14,17H,8-10H2,1-7H3. The van der Waals surface area contributed by atoms with Crippen LogP contribution in [0.5, 0.6) is 0 Å². The Morgan fingerprint density at radius 1 is 1.15 bits per heavy atom. The number of hydrogen-bond donors (Lipinski definition) is 1. The van der Waals surface area contributed by atoms with Gasteiger partial charge in [-0.2, -0.15) is 0 Å². The number of likely N-dealkylation sites (N-methyl/N-ethyl adjacent to an activating group) is 1. The fraction of sp³-hybridized carbons (Fsp3) is 1.00. The lowest BCUT2D eigenvalue weighted by atomic mass is 9.82. The Balaban J connectivity index is 2.13. The summed E-state index contributed by atoms with van der Waals surface area (Å²) >= 11 is 0. The number of ether oxygens (including phenoxy) is 2. The predicted octanol–water partition coefficient (Wildman–Crippen LogP) is 1.89. The molecular formula is C16H32N2O2. The van der Waals surface area contributed by atoms with Crippen LogP contribution in [0.3, 0.4) is 0 Å². The number of morpholine rings is 1. The maximum absolute atomic E-state index is 6.34. The van der Waals surface area contributed by atoms with Crippen molar-refractivity contribution in [3.05, 3.63) is 0 Å². The van der Waals surface area contributed by atoms with Crippen molar-refractivity contribution >= 4 is 0 Å². The van der Waals surface area contributed by atoms with E-state index >= 15 is 0 Å². The molecule has 0 bridgehead atoms. The molecule has 2 aliphatic rings. The Bertz CT molecular complexity index is 343. The minimum absolute atomic E-state index is 0.0988. The molecule has 0 aromatic carbocycles. The summed E-state index contributed by atoms with van der Waals surface area (Å²) in [6, 6.07) is 0.867. The average molecular weight is 284 g/mol. The highest BCUT2D eigenvalue weighted by atomic mass is 16.5. The normalized spacial score (nSPS) is 41.0. The first-order valence-corrected chi connectivity index (χ1v) is 7.90. The zero-order valence-electron chi connectivity index (χ0n) is 14.2. The molecule has 20 heavy (non-hydrogen) atoms. The Labute approximate surface area is 124 Å². The van der Waals surface area contributed by atoms with Crippen molar-refractivity contribution < 1.29 is 9.47 Å².